The van der Waals surface area contributed by atoms with Gasteiger partial charge in [-0.1, -0.05) is 0 Å². The number of aryl methyl sites for hydroxylation is 1. The van der Waals surface area contributed by atoms with Gasteiger partial charge in [0.15, 0.2) is 0 Å². The summed E-state index contributed by atoms with van der Waals surface area (Å²) in [5, 5.41) is 0.811. The SMILES string of the molecule is CC(=O)N1c2ccc(S(=O)(=O)NCc3sc(-c4cccnc4)nc3C)cc2CC1C. The number of hydrogen-bond acceptors (Lipinski definition) is 6. The van der Waals surface area contributed by atoms with Crippen LogP contribution >= 0.6 is 11.3 Å². The standard InChI is InChI=1S/C21H22N4O3S2/c1-13-9-17-10-18(6-7-19(17)25(13)15(3)26)30(27,28)23-12-20-14(2)24-21(29-20)16-5-4-8-22-11-16/h4-8,10-11,13,23H,9,12H2,1-3H3. The van der Waals surface area contributed by atoms with E-state index in [-0.39, 0.29) is 23.4 Å². The lowest BCUT2D eigenvalue weighted by molar-refractivity contribution is -0.116. The second-order valence-corrected chi connectivity index (χ2v) is 10.2. The van der Waals surface area contributed by atoms with Crippen molar-refractivity contribution >= 4 is 33.0 Å². The number of nitrogens with one attached hydrogen (secondary N) is 1. The number of hydrogen-bond donors (Lipinski definition) is 1. The number of aromatic nitrogens is 2. The van der Waals surface area contributed by atoms with Crippen LogP contribution in [0.5, 0.6) is 0 Å². The van der Waals surface area contributed by atoms with Crippen molar-refractivity contribution in [2.75, 3.05) is 4.90 Å². The third-order valence-electron chi connectivity index (χ3n) is 5.14. The van der Waals surface area contributed by atoms with E-state index in [2.05, 4.69) is 14.7 Å². The molecule has 0 radical (unpaired) electrons. The molecule has 0 spiro atoms. The van der Waals surface area contributed by atoms with Crippen molar-refractivity contribution in [1.82, 2.24) is 14.7 Å². The van der Waals surface area contributed by atoms with Crippen LogP contribution in [0.2, 0.25) is 0 Å². The lowest BCUT2D eigenvalue weighted by Crippen LogP contribution is -2.33. The van der Waals surface area contributed by atoms with E-state index in [0.717, 1.165) is 32.4 Å². The molecule has 9 heteroatoms. The number of sulfonamides is 1. The zero-order valence-electron chi connectivity index (χ0n) is 16.9. The second kappa shape index (κ2) is 7.90. The minimum Gasteiger partial charge on any atom is -0.309 e. The van der Waals surface area contributed by atoms with Gasteiger partial charge >= 0.3 is 0 Å². The number of fused-ring (bicyclic) bond motifs is 1. The van der Waals surface area contributed by atoms with E-state index in [1.807, 2.05) is 26.0 Å². The van der Waals surface area contributed by atoms with Crippen molar-refractivity contribution in [3.8, 4) is 10.6 Å². The summed E-state index contributed by atoms with van der Waals surface area (Å²) in [5.74, 6) is -0.0416. The van der Waals surface area contributed by atoms with Gasteiger partial charge in [0.2, 0.25) is 15.9 Å². The van der Waals surface area contributed by atoms with Crippen molar-refractivity contribution in [1.29, 1.82) is 0 Å². The number of anilines is 1. The first-order chi connectivity index (χ1) is 14.3. The smallest absolute Gasteiger partial charge is 0.240 e. The molecule has 3 heterocycles. The molecule has 7 nitrogen and oxygen atoms in total. The summed E-state index contributed by atoms with van der Waals surface area (Å²) in [6.45, 7) is 5.52. The fourth-order valence-corrected chi connectivity index (χ4v) is 5.83. The molecule has 2 aromatic heterocycles. The highest BCUT2D eigenvalue weighted by atomic mass is 32.2. The highest BCUT2D eigenvalue weighted by molar-refractivity contribution is 7.89. The molecule has 0 saturated carbocycles. The summed E-state index contributed by atoms with van der Waals surface area (Å²) in [7, 11) is -3.69. The maximum absolute atomic E-state index is 12.9. The lowest BCUT2D eigenvalue weighted by atomic mass is 10.1. The van der Waals surface area contributed by atoms with Gasteiger partial charge < -0.3 is 4.90 Å². The monoisotopic (exact) mass is 442 g/mol. The van der Waals surface area contributed by atoms with Gasteiger partial charge in [0, 0.05) is 48.0 Å². The van der Waals surface area contributed by atoms with Crippen LogP contribution in [0.1, 0.15) is 30.0 Å². The van der Waals surface area contributed by atoms with Gasteiger partial charge in [-0.2, -0.15) is 0 Å². The van der Waals surface area contributed by atoms with Crippen LogP contribution in [0.4, 0.5) is 5.69 Å². The number of amides is 1. The minimum atomic E-state index is -3.69. The van der Waals surface area contributed by atoms with Crippen molar-refractivity contribution in [3.63, 3.8) is 0 Å². The Morgan fingerprint density at radius 2 is 2.13 bits per heavy atom. The molecule has 30 heavy (non-hydrogen) atoms. The van der Waals surface area contributed by atoms with E-state index < -0.39 is 10.0 Å². The predicted molar refractivity (Wildman–Crippen MR) is 117 cm³/mol. The molecule has 1 amide bonds. The van der Waals surface area contributed by atoms with Crippen LogP contribution in [0.15, 0.2) is 47.6 Å². The Balaban J connectivity index is 1.53. The normalized spacial score (nSPS) is 16.0. The Morgan fingerprint density at radius 1 is 1.33 bits per heavy atom. The highest BCUT2D eigenvalue weighted by Gasteiger charge is 2.30. The van der Waals surface area contributed by atoms with Gasteiger partial charge in [-0.15, -0.1) is 11.3 Å². The van der Waals surface area contributed by atoms with Crippen LogP contribution in [-0.2, 0) is 27.8 Å². The number of thiazole rings is 1. The number of rotatable bonds is 5. The summed E-state index contributed by atoms with van der Waals surface area (Å²) in [6.07, 6.45) is 4.08. The molecule has 1 aliphatic rings. The summed E-state index contributed by atoms with van der Waals surface area (Å²) in [6, 6.07) is 8.72. The van der Waals surface area contributed by atoms with Crippen LogP contribution < -0.4 is 9.62 Å². The van der Waals surface area contributed by atoms with Gasteiger partial charge in [0.05, 0.1) is 10.6 Å². The fourth-order valence-electron chi connectivity index (χ4n) is 3.70. The van der Waals surface area contributed by atoms with Crippen LogP contribution in [-0.4, -0.2) is 30.3 Å². The highest BCUT2D eigenvalue weighted by Crippen LogP contribution is 2.34. The molecular weight excluding hydrogens is 420 g/mol. The van der Waals surface area contributed by atoms with E-state index in [1.54, 1.807) is 35.5 Å². The first-order valence-corrected chi connectivity index (χ1v) is 11.9. The summed E-state index contributed by atoms with van der Waals surface area (Å²) in [5.41, 5.74) is 3.35. The van der Waals surface area contributed by atoms with Gasteiger partial charge in [0.1, 0.15) is 5.01 Å². The lowest BCUT2D eigenvalue weighted by Gasteiger charge is -2.20. The molecular formula is C21H22N4O3S2. The predicted octanol–water partition coefficient (Wildman–Crippen LogP) is 3.29. The first kappa shape index (κ1) is 20.6. The summed E-state index contributed by atoms with van der Waals surface area (Å²) < 4.78 is 28.4. The fraction of sp³-hybridized carbons (Fsp3) is 0.286. The maximum Gasteiger partial charge on any atom is 0.240 e. The van der Waals surface area contributed by atoms with Gasteiger partial charge in [-0.3, -0.25) is 9.78 Å². The molecule has 1 atom stereocenters. The number of carbonyl (C=O) groups excluding carboxylic acids is 1. The Bertz CT molecular complexity index is 1210. The molecule has 1 unspecified atom stereocenters. The number of pyridine rings is 1. The molecule has 156 valence electrons. The second-order valence-electron chi connectivity index (χ2n) is 7.33. The quantitative estimate of drug-likeness (QED) is 0.655. The average molecular weight is 443 g/mol. The zero-order valence-corrected chi connectivity index (χ0v) is 18.5. The van der Waals surface area contributed by atoms with Crippen LogP contribution in [0.3, 0.4) is 0 Å². The Hall–Kier alpha value is -2.62. The van der Waals surface area contributed by atoms with E-state index in [4.69, 9.17) is 0 Å². The molecule has 0 aliphatic carbocycles. The van der Waals surface area contributed by atoms with Gasteiger partial charge in [-0.05, 0) is 56.2 Å². The molecule has 0 fully saturated rings. The Kier molecular flexibility index (Phi) is 5.44. The van der Waals surface area contributed by atoms with E-state index in [9.17, 15) is 13.2 Å². The van der Waals surface area contributed by atoms with Crippen LogP contribution in [0, 0.1) is 6.92 Å². The molecule has 0 bridgehead atoms. The minimum absolute atomic E-state index is 0.0224. The van der Waals surface area contributed by atoms with Gasteiger partial charge in [-0.25, -0.2) is 18.1 Å². The number of benzene rings is 1. The zero-order chi connectivity index (χ0) is 21.5. The van der Waals surface area contributed by atoms with E-state index in [1.165, 1.54) is 18.3 Å². The average Bonchev–Trinajstić information content (AvgIpc) is 3.25. The van der Waals surface area contributed by atoms with Crippen molar-refractivity contribution in [2.45, 2.75) is 44.7 Å². The van der Waals surface area contributed by atoms with E-state index in [0.29, 0.717) is 6.42 Å². The molecule has 1 aliphatic heterocycles. The Morgan fingerprint density at radius 3 is 2.83 bits per heavy atom. The molecule has 4 rings (SSSR count). The molecule has 3 aromatic rings. The number of nitrogens with zero attached hydrogens (tertiary/aromatic N) is 3. The van der Waals surface area contributed by atoms with Crippen LogP contribution in [0.25, 0.3) is 10.6 Å². The van der Waals surface area contributed by atoms with E-state index >= 15 is 0 Å². The number of carbonyl (C=O) groups is 1. The Labute approximate surface area is 179 Å². The molecule has 0 saturated heterocycles. The topological polar surface area (TPSA) is 92.3 Å². The van der Waals surface area contributed by atoms with Crippen molar-refractivity contribution in [2.24, 2.45) is 0 Å². The third kappa shape index (κ3) is 3.88. The summed E-state index contributed by atoms with van der Waals surface area (Å²) in [4.78, 5) is 23.3. The van der Waals surface area contributed by atoms with Gasteiger partial charge in [0.25, 0.3) is 0 Å². The third-order valence-corrected chi connectivity index (χ3v) is 7.75. The van der Waals surface area contributed by atoms with Crippen molar-refractivity contribution < 1.29 is 13.2 Å². The van der Waals surface area contributed by atoms with Crippen molar-refractivity contribution in [3.05, 3.63) is 58.9 Å². The maximum atomic E-state index is 12.9. The summed E-state index contributed by atoms with van der Waals surface area (Å²) >= 11 is 1.45. The largest absolute Gasteiger partial charge is 0.309 e. The molecule has 1 N–H and O–H groups in total. The first-order valence-electron chi connectivity index (χ1n) is 9.55. The molecule has 1 aromatic carbocycles.